The second kappa shape index (κ2) is 7.38. The smallest absolute Gasteiger partial charge is 0.191 e. The summed E-state index contributed by atoms with van der Waals surface area (Å²) in [7, 11) is 0. The van der Waals surface area contributed by atoms with Gasteiger partial charge in [0.2, 0.25) is 0 Å². The second-order valence-electron chi connectivity index (χ2n) is 4.70. The van der Waals surface area contributed by atoms with Gasteiger partial charge in [-0.25, -0.2) is 4.99 Å². The van der Waals surface area contributed by atoms with Gasteiger partial charge >= 0.3 is 0 Å². The fraction of sp³-hybridized carbons (Fsp3) is 0.250. The van der Waals surface area contributed by atoms with E-state index in [1.54, 1.807) is 6.92 Å². The number of hydrogen-bond acceptors (Lipinski definition) is 3. The summed E-state index contributed by atoms with van der Waals surface area (Å²) in [6.07, 6.45) is 1.82. The lowest BCUT2D eigenvalue weighted by atomic mass is 10.2. The van der Waals surface area contributed by atoms with E-state index in [0.29, 0.717) is 6.54 Å². The molecule has 0 N–H and O–H groups in total. The lowest BCUT2D eigenvalue weighted by Gasteiger charge is -2.02. The summed E-state index contributed by atoms with van der Waals surface area (Å²) in [5.74, 6) is 0.0793. The zero-order valence-corrected chi connectivity index (χ0v) is 14.1. The Bertz CT molecular complexity index is 711. The molecule has 0 aliphatic carbocycles. The van der Waals surface area contributed by atoms with E-state index < -0.39 is 0 Å². The minimum absolute atomic E-state index is 0. The van der Waals surface area contributed by atoms with Crippen molar-refractivity contribution in [1.29, 1.82) is 0 Å². The van der Waals surface area contributed by atoms with Gasteiger partial charge in [0.15, 0.2) is 10.6 Å². The molecule has 0 fully saturated rings. The topological polar surface area (TPSA) is 34.4 Å². The average Bonchev–Trinajstić information content (AvgIpc) is 2.71. The molecule has 0 amide bonds. The van der Waals surface area contributed by atoms with Crippen molar-refractivity contribution in [2.24, 2.45) is 4.99 Å². The Morgan fingerprint density at radius 1 is 1.33 bits per heavy atom. The van der Waals surface area contributed by atoms with Crippen molar-refractivity contribution in [1.82, 2.24) is 4.57 Å². The molecular formula is C16H19ClN2OS. The molecule has 5 heteroatoms. The first-order valence-electron chi connectivity index (χ1n) is 6.46. The van der Waals surface area contributed by atoms with Crippen molar-refractivity contribution >= 4 is 35.2 Å². The van der Waals surface area contributed by atoms with Crippen LogP contribution in [0.5, 0.6) is 0 Å². The molecule has 0 atom stereocenters. The lowest BCUT2D eigenvalue weighted by molar-refractivity contribution is 0.102. The maximum atomic E-state index is 11.7. The first-order valence-corrected chi connectivity index (χ1v) is 7.28. The maximum absolute atomic E-state index is 11.7. The van der Waals surface area contributed by atoms with Crippen LogP contribution >= 0.6 is 23.7 Å². The molecule has 112 valence electrons. The van der Waals surface area contributed by atoms with Crippen molar-refractivity contribution in [2.45, 2.75) is 27.3 Å². The Balaban J connectivity index is 0.00000220. The van der Waals surface area contributed by atoms with Gasteiger partial charge in [-0.3, -0.25) is 4.79 Å². The molecule has 0 aliphatic heterocycles. The minimum atomic E-state index is 0. The van der Waals surface area contributed by atoms with Crippen LogP contribution in [-0.4, -0.2) is 10.4 Å². The van der Waals surface area contributed by atoms with Gasteiger partial charge in [-0.15, -0.1) is 19.0 Å². The number of rotatable bonds is 4. The number of carbonyl (C=O) groups is 1. The molecule has 1 aromatic heterocycles. The third kappa shape index (κ3) is 3.93. The number of Topliss-reactive ketones (excluding diaryl/α,β-unsaturated/α-hetero) is 1. The Hall–Kier alpha value is -1.65. The Labute approximate surface area is 135 Å². The summed E-state index contributed by atoms with van der Waals surface area (Å²) in [6, 6.07) is 8.03. The monoisotopic (exact) mass is 322 g/mol. The molecule has 2 aromatic rings. The van der Waals surface area contributed by atoms with Crippen molar-refractivity contribution in [3.63, 3.8) is 0 Å². The molecule has 0 bridgehead atoms. The summed E-state index contributed by atoms with van der Waals surface area (Å²) < 4.78 is 2.02. The van der Waals surface area contributed by atoms with Crippen molar-refractivity contribution in [3.05, 3.63) is 57.9 Å². The van der Waals surface area contributed by atoms with E-state index in [2.05, 4.69) is 11.6 Å². The zero-order valence-electron chi connectivity index (χ0n) is 12.4. The van der Waals surface area contributed by atoms with Crippen LogP contribution < -0.4 is 4.80 Å². The number of aryl methyl sites for hydroxylation is 1. The Morgan fingerprint density at radius 2 is 1.95 bits per heavy atom. The highest BCUT2D eigenvalue weighted by molar-refractivity contribution is 7.11. The number of thiazole rings is 1. The highest BCUT2D eigenvalue weighted by Crippen LogP contribution is 2.16. The van der Waals surface area contributed by atoms with Crippen LogP contribution in [-0.2, 0) is 6.54 Å². The molecule has 0 saturated carbocycles. The van der Waals surface area contributed by atoms with Gasteiger partial charge in [-0.2, -0.15) is 0 Å². The predicted octanol–water partition coefficient (Wildman–Crippen LogP) is 4.21. The summed E-state index contributed by atoms with van der Waals surface area (Å²) in [4.78, 5) is 17.9. The minimum Gasteiger partial charge on any atom is -0.317 e. The van der Waals surface area contributed by atoms with Gasteiger partial charge in [0.1, 0.15) is 0 Å². The van der Waals surface area contributed by atoms with Crippen LogP contribution in [0.4, 0.5) is 5.69 Å². The van der Waals surface area contributed by atoms with Crippen LogP contribution in [0, 0.1) is 13.8 Å². The van der Waals surface area contributed by atoms with Crippen LogP contribution in [0.15, 0.2) is 41.9 Å². The fourth-order valence-electron chi connectivity index (χ4n) is 1.97. The van der Waals surface area contributed by atoms with Gasteiger partial charge in [0.05, 0.1) is 10.6 Å². The third-order valence-electron chi connectivity index (χ3n) is 3.05. The van der Waals surface area contributed by atoms with E-state index in [0.717, 1.165) is 21.1 Å². The molecule has 0 unspecified atom stereocenters. The number of aromatic nitrogens is 1. The molecular weight excluding hydrogens is 304 g/mol. The van der Waals surface area contributed by atoms with Crippen LogP contribution in [0.1, 0.15) is 27.9 Å². The van der Waals surface area contributed by atoms with Gasteiger partial charge in [0.25, 0.3) is 0 Å². The number of allylic oxidation sites excluding steroid dienone is 1. The van der Waals surface area contributed by atoms with Gasteiger partial charge in [0, 0.05) is 19.2 Å². The SMILES string of the molecule is C=CCn1c(C)c(C(C)=O)sc1=Nc1ccc(C)cc1.Cl. The van der Waals surface area contributed by atoms with Crippen LogP contribution in [0.25, 0.3) is 0 Å². The van der Waals surface area contributed by atoms with E-state index in [1.807, 2.05) is 48.8 Å². The molecule has 0 aliphatic rings. The lowest BCUT2D eigenvalue weighted by Crippen LogP contribution is -2.15. The molecule has 2 rings (SSSR count). The van der Waals surface area contributed by atoms with E-state index >= 15 is 0 Å². The first kappa shape index (κ1) is 17.4. The summed E-state index contributed by atoms with van der Waals surface area (Å²) in [5, 5.41) is 0. The summed E-state index contributed by atoms with van der Waals surface area (Å²) >= 11 is 1.43. The van der Waals surface area contributed by atoms with Gasteiger partial charge in [-0.1, -0.05) is 35.1 Å². The highest BCUT2D eigenvalue weighted by Gasteiger charge is 2.12. The first-order chi connectivity index (χ1) is 9.52. The standard InChI is InChI=1S/C16H18N2OS.ClH/c1-5-10-18-12(3)15(13(4)19)20-16(18)17-14-8-6-11(2)7-9-14;/h5-9H,1,10H2,2-4H3;1H. The van der Waals surface area contributed by atoms with E-state index in [4.69, 9.17) is 0 Å². The largest absolute Gasteiger partial charge is 0.317 e. The number of nitrogens with zero attached hydrogens (tertiary/aromatic N) is 2. The zero-order chi connectivity index (χ0) is 14.7. The summed E-state index contributed by atoms with van der Waals surface area (Å²) in [5.41, 5.74) is 3.05. The van der Waals surface area contributed by atoms with Crippen molar-refractivity contribution in [2.75, 3.05) is 0 Å². The molecule has 0 radical (unpaired) electrons. The second-order valence-corrected chi connectivity index (χ2v) is 5.68. The molecule has 0 saturated heterocycles. The van der Waals surface area contributed by atoms with Gasteiger partial charge < -0.3 is 4.57 Å². The normalized spacial score (nSPS) is 11.1. The predicted molar refractivity (Wildman–Crippen MR) is 90.9 cm³/mol. The Morgan fingerprint density at radius 3 is 2.48 bits per heavy atom. The van der Waals surface area contributed by atoms with E-state index in [-0.39, 0.29) is 18.2 Å². The molecule has 21 heavy (non-hydrogen) atoms. The van der Waals surface area contributed by atoms with E-state index in [1.165, 1.54) is 16.9 Å². The molecule has 1 aromatic carbocycles. The quantitative estimate of drug-likeness (QED) is 0.613. The highest BCUT2D eigenvalue weighted by atomic mass is 35.5. The molecule has 0 spiro atoms. The number of hydrogen-bond donors (Lipinski definition) is 0. The molecule has 1 heterocycles. The number of benzene rings is 1. The Kier molecular flexibility index (Phi) is 6.12. The van der Waals surface area contributed by atoms with Crippen LogP contribution in [0.3, 0.4) is 0 Å². The number of carbonyl (C=O) groups excluding carboxylic acids is 1. The van der Waals surface area contributed by atoms with Gasteiger partial charge in [-0.05, 0) is 26.0 Å². The van der Waals surface area contributed by atoms with E-state index in [9.17, 15) is 4.79 Å². The van der Waals surface area contributed by atoms with Crippen molar-refractivity contribution in [3.8, 4) is 0 Å². The maximum Gasteiger partial charge on any atom is 0.191 e. The van der Waals surface area contributed by atoms with Crippen LogP contribution in [0.2, 0.25) is 0 Å². The fourth-order valence-corrected chi connectivity index (χ4v) is 3.03. The third-order valence-corrected chi connectivity index (χ3v) is 4.33. The molecule has 3 nitrogen and oxygen atoms in total. The average molecular weight is 323 g/mol. The van der Waals surface area contributed by atoms with Crippen molar-refractivity contribution < 1.29 is 4.79 Å². The summed E-state index contributed by atoms with van der Waals surface area (Å²) in [6.45, 7) is 10.0. The number of halogens is 1. The number of ketones is 1.